The number of rotatable bonds is 2. The molecule has 0 N–H and O–H groups in total. The molecule has 0 radical (unpaired) electrons. The Morgan fingerprint density at radius 1 is 1.23 bits per heavy atom. The summed E-state index contributed by atoms with van der Waals surface area (Å²) in [7, 11) is 3.86. The number of hydrazone groups is 1. The Labute approximate surface area is 79.9 Å². The van der Waals surface area contributed by atoms with Crippen molar-refractivity contribution in [3.8, 4) is 0 Å². The zero-order valence-electron chi connectivity index (χ0n) is 8.70. The summed E-state index contributed by atoms with van der Waals surface area (Å²) in [5, 5.41) is 6.18. The lowest BCUT2D eigenvalue weighted by Gasteiger charge is -2.09. The van der Waals surface area contributed by atoms with E-state index in [1.54, 1.807) is 0 Å². The first-order valence-corrected chi connectivity index (χ1v) is 4.40. The number of benzene rings is 1. The monoisotopic (exact) mass is 176 g/mol. The van der Waals surface area contributed by atoms with E-state index in [1.165, 1.54) is 11.1 Å². The third-order valence-corrected chi connectivity index (χ3v) is 1.88. The predicted molar refractivity (Wildman–Crippen MR) is 57.1 cm³/mol. The van der Waals surface area contributed by atoms with Gasteiger partial charge in [-0.05, 0) is 19.4 Å². The van der Waals surface area contributed by atoms with Gasteiger partial charge in [0.1, 0.15) is 0 Å². The first-order chi connectivity index (χ1) is 6.11. The third-order valence-electron chi connectivity index (χ3n) is 1.88. The first kappa shape index (κ1) is 9.78. The lowest BCUT2D eigenvalue weighted by atomic mass is 10.1. The Balaban J connectivity index is 3.02. The first-order valence-electron chi connectivity index (χ1n) is 4.40. The van der Waals surface area contributed by atoms with Crippen molar-refractivity contribution >= 4 is 5.71 Å². The molecule has 1 aromatic rings. The standard InChI is InChI=1S/C11H16N2/c1-9-7-5-6-8-11(9)10(2)12-13(3)4/h5-8H,1-4H3/b12-10-. The minimum Gasteiger partial charge on any atom is -0.303 e. The molecule has 0 saturated carbocycles. The highest BCUT2D eigenvalue weighted by Gasteiger charge is 2.00. The summed E-state index contributed by atoms with van der Waals surface area (Å²) in [4.78, 5) is 0. The Morgan fingerprint density at radius 2 is 1.85 bits per heavy atom. The maximum atomic E-state index is 4.36. The van der Waals surface area contributed by atoms with E-state index in [0.29, 0.717) is 0 Å². The van der Waals surface area contributed by atoms with Gasteiger partial charge >= 0.3 is 0 Å². The van der Waals surface area contributed by atoms with Gasteiger partial charge in [-0.2, -0.15) is 5.10 Å². The van der Waals surface area contributed by atoms with E-state index in [2.05, 4.69) is 24.2 Å². The Morgan fingerprint density at radius 3 is 2.38 bits per heavy atom. The summed E-state index contributed by atoms with van der Waals surface area (Å²) in [6.45, 7) is 4.13. The summed E-state index contributed by atoms with van der Waals surface area (Å²) in [6, 6.07) is 8.28. The Hall–Kier alpha value is -1.31. The van der Waals surface area contributed by atoms with E-state index < -0.39 is 0 Å². The van der Waals surface area contributed by atoms with Crippen molar-refractivity contribution in [1.29, 1.82) is 0 Å². The number of hydrogen-bond acceptors (Lipinski definition) is 2. The summed E-state index contributed by atoms with van der Waals surface area (Å²) >= 11 is 0. The molecule has 1 aromatic carbocycles. The van der Waals surface area contributed by atoms with Gasteiger partial charge in [-0.15, -0.1) is 0 Å². The van der Waals surface area contributed by atoms with Crippen LogP contribution in [-0.4, -0.2) is 24.8 Å². The average Bonchev–Trinajstić information content (AvgIpc) is 2.03. The molecule has 0 spiro atoms. The van der Waals surface area contributed by atoms with Gasteiger partial charge in [-0.25, -0.2) is 0 Å². The van der Waals surface area contributed by atoms with Gasteiger partial charge in [0.05, 0.1) is 5.71 Å². The zero-order chi connectivity index (χ0) is 9.84. The van der Waals surface area contributed by atoms with Crippen LogP contribution in [0.25, 0.3) is 0 Å². The van der Waals surface area contributed by atoms with Crippen LogP contribution in [-0.2, 0) is 0 Å². The van der Waals surface area contributed by atoms with E-state index in [-0.39, 0.29) is 0 Å². The van der Waals surface area contributed by atoms with Crippen molar-refractivity contribution in [2.45, 2.75) is 13.8 Å². The van der Waals surface area contributed by atoms with E-state index in [9.17, 15) is 0 Å². The van der Waals surface area contributed by atoms with E-state index in [1.807, 2.05) is 38.2 Å². The molecule has 2 heteroatoms. The molecule has 0 saturated heterocycles. The molecule has 13 heavy (non-hydrogen) atoms. The molecule has 0 aromatic heterocycles. The largest absolute Gasteiger partial charge is 0.303 e. The van der Waals surface area contributed by atoms with Crippen molar-refractivity contribution in [3.05, 3.63) is 35.4 Å². The topological polar surface area (TPSA) is 15.6 Å². The molecule has 2 nitrogen and oxygen atoms in total. The lowest BCUT2D eigenvalue weighted by molar-refractivity contribution is 0.438. The van der Waals surface area contributed by atoms with Gasteiger partial charge in [0.2, 0.25) is 0 Å². The second-order valence-corrected chi connectivity index (χ2v) is 3.35. The van der Waals surface area contributed by atoms with Crippen LogP contribution in [0, 0.1) is 6.92 Å². The fraction of sp³-hybridized carbons (Fsp3) is 0.364. The predicted octanol–water partition coefficient (Wildman–Crippen LogP) is 2.28. The molecule has 0 bridgehead atoms. The smallest absolute Gasteiger partial charge is 0.0649 e. The third kappa shape index (κ3) is 2.58. The highest BCUT2D eigenvalue weighted by Crippen LogP contribution is 2.08. The SMILES string of the molecule is C/C(=N/N(C)C)c1ccccc1C. The molecule has 0 aliphatic heterocycles. The van der Waals surface area contributed by atoms with Gasteiger partial charge in [0.25, 0.3) is 0 Å². The van der Waals surface area contributed by atoms with Crippen molar-refractivity contribution in [2.24, 2.45) is 5.10 Å². The molecule has 0 atom stereocenters. The fourth-order valence-electron chi connectivity index (χ4n) is 1.33. The number of hydrogen-bond donors (Lipinski definition) is 0. The molecular weight excluding hydrogens is 160 g/mol. The molecule has 70 valence electrons. The van der Waals surface area contributed by atoms with Crippen LogP contribution < -0.4 is 0 Å². The van der Waals surface area contributed by atoms with Gasteiger partial charge in [0, 0.05) is 19.7 Å². The maximum absolute atomic E-state index is 4.36. The normalized spacial score (nSPS) is 11.5. The van der Waals surface area contributed by atoms with Crippen LogP contribution in [0.1, 0.15) is 18.1 Å². The second-order valence-electron chi connectivity index (χ2n) is 3.35. The molecular formula is C11H16N2. The number of nitrogens with zero attached hydrogens (tertiary/aromatic N) is 2. The maximum Gasteiger partial charge on any atom is 0.0649 e. The van der Waals surface area contributed by atoms with Crippen LogP contribution in [0.5, 0.6) is 0 Å². The van der Waals surface area contributed by atoms with E-state index in [4.69, 9.17) is 0 Å². The summed E-state index contributed by atoms with van der Waals surface area (Å²) < 4.78 is 0. The fourth-order valence-corrected chi connectivity index (χ4v) is 1.33. The quantitative estimate of drug-likeness (QED) is 0.498. The lowest BCUT2D eigenvalue weighted by Crippen LogP contribution is -2.08. The van der Waals surface area contributed by atoms with Crippen molar-refractivity contribution in [1.82, 2.24) is 5.01 Å². The molecule has 0 unspecified atom stereocenters. The minimum absolute atomic E-state index is 1.06. The van der Waals surface area contributed by atoms with Crippen molar-refractivity contribution in [3.63, 3.8) is 0 Å². The summed E-state index contributed by atoms with van der Waals surface area (Å²) in [5.41, 5.74) is 3.55. The average molecular weight is 176 g/mol. The summed E-state index contributed by atoms with van der Waals surface area (Å²) in [6.07, 6.45) is 0. The number of aryl methyl sites for hydroxylation is 1. The Kier molecular flexibility index (Phi) is 3.07. The molecule has 0 aliphatic rings. The van der Waals surface area contributed by atoms with Crippen molar-refractivity contribution in [2.75, 3.05) is 14.1 Å². The van der Waals surface area contributed by atoms with Crippen LogP contribution in [0.3, 0.4) is 0 Å². The van der Waals surface area contributed by atoms with Gasteiger partial charge in [-0.3, -0.25) is 0 Å². The van der Waals surface area contributed by atoms with E-state index >= 15 is 0 Å². The van der Waals surface area contributed by atoms with Crippen LogP contribution in [0.2, 0.25) is 0 Å². The van der Waals surface area contributed by atoms with E-state index in [0.717, 1.165) is 5.71 Å². The zero-order valence-corrected chi connectivity index (χ0v) is 8.70. The van der Waals surface area contributed by atoms with Gasteiger partial charge in [-0.1, -0.05) is 24.3 Å². The molecule has 0 fully saturated rings. The van der Waals surface area contributed by atoms with Crippen LogP contribution in [0.15, 0.2) is 29.4 Å². The van der Waals surface area contributed by atoms with Gasteiger partial charge < -0.3 is 5.01 Å². The van der Waals surface area contributed by atoms with Gasteiger partial charge in [0.15, 0.2) is 0 Å². The van der Waals surface area contributed by atoms with Crippen molar-refractivity contribution < 1.29 is 0 Å². The van der Waals surface area contributed by atoms with Crippen LogP contribution in [0.4, 0.5) is 0 Å². The Bertz CT molecular complexity index is 314. The highest BCUT2D eigenvalue weighted by atomic mass is 15.4. The molecule has 1 rings (SSSR count). The minimum atomic E-state index is 1.06. The molecule has 0 aliphatic carbocycles. The summed E-state index contributed by atoms with van der Waals surface area (Å²) in [5.74, 6) is 0. The van der Waals surface area contributed by atoms with Crippen LogP contribution >= 0.6 is 0 Å². The highest BCUT2D eigenvalue weighted by molar-refractivity contribution is 5.99. The molecule has 0 heterocycles. The molecule has 0 amide bonds. The second kappa shape index (κ2) is 4.08.